The highest BCUT2D eigenvalue weighted by molar-refractivity contribution is 8.00. The number of anilines is 1. The molecular formula is C12H17ClF3N3S. The molecule has 1 rings (SSSR count). The first-order valence-corrected chi connectivity index (χ1v) is 7.77. The maximum atomic E-state index is 12.6. The van der Waals surface area contributed by atoms with Crippen LogP contribution in [0.25, 0.3) is 0 Å². The predicted octanol–water partition coefficient (Wildman–Crippen LogP) is 4.48. The fourth-order valence-corrected chi connectivity index (χ4v) is 2.74. The quantitative estimate of drug-likeness (QED) is 0.782. The van der Waals surface area contributed by atoms with Gasteiger partial charge in [0.25, 0.3) is 0 Å². The van der Waals surface area contributed by atoms with Crippen LogP contribution in [0.15, 0.2) is 6.07 Å². The zero-order valence-corrected chi connectivity index (χ0v) is 13.1. The monoisotopic (exact) mass is 327 g/mol. The molecule has 114 valence electrons. The Balaban J connectivity index is 2.91. The summed E-state index contributed by atoms with van der Waals surface area (Å²) in [5.74, 6) is 0.0950. The molecule has 20 heavy (non-hydrogen) atoms. The van der Waals surface area contributed by atoms with Crippen molar-refractivity contribution in [2.45, 2.75) is 37.6 Å². The van der Waals surface area contributed by atoms with Crippen molar-refractivity contribution in [3.8, 4) is 0 Å². The summed E-state index contributed by atoms with van der Waals surface area (Å²) < 4.78 is 37.9. The van der Waals surface area contributed by atoms with Gasteiger partial charge in [-0.1, -0.05) is 13.8 Å². The lowest BCUT2D eigenvalue weighted by Gasteiger charge is -2.30. The molecule has 0 saturated heterocycles. The lowest BCUT2D eigenvalue weighted by Crippen LogP contribution is -2.32. The van der Waals surface area contributed by atoms with Crippen molar-refractivity contribution in [2.75, 3.05) is 18.1 Å². The molecule has 0 amide bonds. The minimum Gasteiger partial charge on any atom is -0.369 e. The van der Waals surface area contributed by atoms with Crippen molar-refractivity contribution in [3.05, 3.63) is 17.0 Å². The molecule has 1 aromatic rings. The molecule has 1 N–H and O–H groups in total. The molecule has 0 fully saturated rings. The number of nitrogens with zero attached hydrogens (tertiary/aromatic N) is 2. The Kier molecular flexibility index (Phi) is 5.94. The molecule has 0 aromatic carbocycles. The van der Waals surface area contributed by atoms with Crippen molar-refractivity contribution in [2.24, 2.45) is 0 Å². The van der Waals surface area contributed by atoms with E-state index < -0.39 is 17.2 Å². The molecular weight excluding hydrogens is 311 g/mol. The highest BCUT2D eigenvalue weighted by Crippen LogP contribution is 2.32. The van der Waals surface area contributed by atoms with Crippen molar-refractivity contribution in [3.63, 3.8) is 0 Å². The van der Waals surface area contributed by atoms with Crippen LogP contribution in [-0.2, 0) is 6.18 Å². The zero-order chi connectivity index (χ0) is 15.4. The Morgan fingerprint density at radius 2 is 1.85 bits per heavy atom. The molecule has 0 unspecified atom stereocenters. The summed E-state index contributed by atoms with van der Waals surface area (Å²) in [4.78, 5) is 6.98. The molecule has 1 aromatic heterocycles. The maximum Gasteiger partial charge on any atom is 0.433 e. The fraction of sp³-hybridized carbons (Fsp3) is 0.667. The number of nitrogens with one attached hydrogen (secondary N) is 1. The number of thioether (sulfide) groups is 1. The molecule has 0 atom stereocenters. The molecule has 8 heteroatoms. The van der Waals surface area contributed by atoms with Crippen molar-refractivity contribution < 1.29 is 13.2 Å². The van der Waals surface area contributed by atoms with E-state index in [0.717, 1.165) is 18.9 Å². The molecule has 0 saturated carbocycles. The molecule has 0 radical (unpaired) electrons. The van der Waals surface area contributed by atoms with Crippen LogP contribution in [0.1, 0.15) is 32.4 Å². The van der Waals surface area contributed by atoms with Gasteiger partial charge in [-0.25, -0.2) is 9.97 Å². The van der Waals surface area contributed by atoms with E-state index in [1.807, 2.05) is 6.26 Å². The molecule has 3 nitrogen and oxygen atoms in total. The standard InChI is InChI=1S/C12H17ClF3N3S/c1-4-11(5-2,20-3)7-17-9-6-8(12(14,15)16)18-10(13)19-9/h6H,4-5,7H2,1-3H3,(H,17,18,19). The minimum atomic E-state index is -4.53. The van der Waals surface area contributed by atoms with E-state index in [-0.39, 0.29) is 10.6 Å². The van der Waals surface area contributed by atoms with E-state index in [1.165, 1.54) is 0 Å². The highest BCUT2D eigenvalue weighted by Gasteiger charge is 2.34. The summed E-state index contributed by atoms with van der Waals surface area (Å²) >= 11 is 7.23. The summed E-state index contributed by atoms with van der Waals surface area (Å²) in [6.07, 6.45) is -0.733. The summed E-state index contributed by atoms with van der Waals surface area (Å²) in [7, 11) is 0. The lowest BCUT2D eigenvalue weighted by atomic mass is 10.0. The Morgan fingerprint density at radius 1 is 1.25 bits per heavy atom. The largest absolute Gasteiger partial charge is 0.433 e. The smallest absolute Gasteiger partial charge is 0.369 e. The number of alkyl halides is 3. The molecule has 1 heterocycles. The zero-order valence-electron chi connectivity index (χ0n) is 11.5. The van der Waals surface area contributed by atoms with Gasteiger partial charge in [0, 0.05) is 17.4 Å². The predicted molar refractivity (Wildman–Crippen MR) is 77.4 cm³/mol. The van der Waals surface area contributed by atoms with Gasteiger partial charge in [-0.3, -0.25) is 0 Å². The second-order valence-corrected chi connectivity index (χ2v) is 5.97. The van der Waals surface area contributed by atoms with Crippen LogP contribution >= 0.6 is 23.4 Å². The van der Waals surface area contributed by atoms with Gasteiger partial charge < -0.3 is 5.32 Å². The van der Waals surface area contributed by atoms with Gasteiger partial charge in [0.15, 0.2) is 5.69 Å². The van der Waals surface area contributed by atoms with E-state index in [9.17, 15) is 13.2 Å². The van der Waals surface area contributed by atoms with E-state index in [1.54, 1.807) is 11.8 Å². The molecule has 0 aliphatic heterocycles. The van der Waals surface area contributed by atoms with Crippen LogP contribution < -0.4 is 5.32 Å². The van der Waals surface area contributed by atoms with E-state index >= 15 is 0 Å². The number of aromatic nitrogens is 2. The van der Waals surface area contributed by atoms with Gasteiger partial charge in [-0.05, 0) is 30.7 Å². The second-order valence-electron chi connectivity index (χ2n) is 4.35. The summed E-state index contributed by atoms with van der Waals surface area (Å²) in [6.45, 7) is 4.62. The van der Waals surface area contributed by atoms with E-state index in [4.69, 9.17) is 11.6 Å². The first kappa shape index (κ1) is 17.4. The third-order valence-corrected chi connectivity index (χ3v) is 5.06. The number of rotatable bonds is 6. The maximum absolute atomic E-state index is 12.6. The van der Waals surface area contributed by atoms with Crippen LogP contribution in [0, 0.1) is 0 Å². The number of halogens is 4. The third-order valence-electron chi connectivity index (χ3n) is 3.30. The van der Waals surface area contributed by atoms with Gasteiger partial charge in [0.1, 0.15) is 5.82 Å². The van der Waals surface area contributed by atoms with Crippen LogP contribution in [0.5, 0.6) is 0 Å². The normalized spacial score (nSPS) is 12.6. The van der Waals surface area contributed by atoms with Crippen molar-refractivity contribution in [1.82, 2.24) is 9.97 Å². The van der Waals surface area contributed by atoms with Gasteiger partial charge in [-0.2, -0.15) is 24.9 Å². The lowest BCUT2D eigenvalue weighted by molar-refractivity contribution is -0.141. The summed E-state index contributed by atoms with van der Waals surface area (Å²) in [6, 6.07) is 0.877. The van der Waals surface area contributed by atoms with E-state index in [2.05, 4.69) is 29.1 Å². The SMILES string of the molecule is CCC(CC)(CNc1cc(C(F)(F)F)nc(Cl)n1)SC. The summed E-state index contributed by atoms with van der Waals surface area (Å²) in [5.41, 5.74) is -1.04. The van der Waals surface area contributed by atoms with Crippen LogP contribution in [0.4, 0.5) is 19.0 Å². The first-order chi connectivity index (χ1) is 9.26. The molecule has 0 aliphatic carbocycles. The van der Waals surface area contributed by atoms with Gasteiger partial charge >= 0.3 is 6.18 Å². The van der Waals surface area contributed by atoms with Crippen LogP contribution in [-0.4, -0.2) is 27.5 Å². The van der Waals surface area contributed by atoms with Crippen molar-refractivity contribution >= 4 is 29.2 Å². The highest BCUT2D eigenvalue weighted by atomic mass is 35.5. The average molecular weight is 328 g/mol. The topological polar surface area (TPSA) is 37.8 Å². The number of hydrogen-bond acceptors (Lipinski definition) is 4. The van der Waals surface area contributed by atoms with Crippen LogP contribution in [0.3, 0.4) is 0 Å². The Labute approximate surface area is 125 Å². The summed E-state index contributed by atoms with van der Waals surface area (Å²) in [5, 5.41) is 2.52. The Morgan fingerprint density at radius 3 is 2.30 bits per heavy atom. The third kappa shape index (κ3) is 4.41. The molecule has 0 aliphatic rings. The number of hydrogen-bond donors (Lipinski definition) is 1. The van der Waals surface area contributed by atoms with E-state index in [0.29, 0.717) is 6.54 Å². The van der Waals surface area contributed by atoms with Gasteiger partial charge in [0.05, 0.1) is 0 Å². The molecule has 0 bridgehead atoms. The van der Waals surface area contributed by atoms with Gasteiger partial charge in [-0.15, -0.1) is 0 Å². The Bertz CT molecular complexity index is 442. The van der Waals surface area contributed by atoms with Gasteiger partial charge in [0.2, 0.25) is 5.28 Å². The fourth-order valence-electron chi connectivity index (χ4n) is 1.77. The van der Waals surface area contributed by atoms with Crippen molar-refractivity contribution in [1.29, 1.82) is 0 Å². The Hall–Kier alpha value is -0.690. The molecule has 0 spiro atoms. The van der Waals surface area contributed by atoms with Crippen LogP contribution in [0.2, 0.25) is 5.28 Å². The average Bonchev–Trinajstić information content (AvgIpc) is 2.39. The first-order valence-electron chi connectivity index (χ1n) is 6.17. The second kappa shape index (κ2) is 6.85. The minimum absolute atomic E-state index is 0.0319.